The number of unbranched alkanes of at least 4 members (excludes halogenated alkanes) is 8. The van der Waals surface area contributed by atoms with Gasteiger partial charge in [0.1, 0.15) is 0 Å². The van der Waals surface area contributed by atoms with Gasteiger partial charge >= 0.3 is 17.9 Å². The molecule has 0 aromatic rings. The van der Waals surface area contributed by atoms with Crippen LogP contribution in [0.15, 0.2) is 0 Å². The maximum atomic E-state index is 11.3. The van der Waals surface area contributed by atoms with Crippen LogP contribution in [0.5, 0.6) is 0 Å². The van der Waals surface area contributed by atoms with Crippen LogP contribution in [0.25, 0.3) is 0 Å². The average molecular weight is 332 g/mol. The summed E-state index contributed by atoms with van der Waals surface area (Å²) in [5.74, 6) is -2.53. The van der Waals surface area contributed by atoms with Crippen molar-refractivity contribution in [2.45, 2.75) is 76.7 Å². The number of carbonyl (C=O) groups is 3. The molecule has 1 unspecified atom stereocenters. The van der Waals surface area contributed by atoms with Crippen LogP contribution in [0.1, 0.15) is 70.6 Å². The lowest BCUT2D eigenvalue weighted by molar-refractivity contribution is -0.167. The van der Waals surface area contributed by atoms with E-state index < -0.39 is 30.6 Å². The molecule has 1 atom stereocenters. The third-order valence-electron chi connectivity index (χ3n) is 3.43. The Morgan fingerprint density at radius 1 is 0.783 bits per heavy atom. The van der Waals surface area contributed by atoms with E-state index in [1.165, 1.54) is 0 Å². The highest BCUT2D eigenvalue weighted by molar-refractivity contribution is 5.87. The number of carboxylic acids is 1. The molecule has 0 heterocycles. The van der Waals surface area contributed by atoms with E-state index in [4.69, 9.17) is 15.3 Å². The smallest absolute Gasteiger partial charge is 0.345 e. The molecule has 0 radical (unpaired) electrons. The van der Waals surface area contributed by atoms with Crippen LogP contribution in [0.3, 0.4) is 0 Å². The first kappa shape index (κ1) is 21.5. The quantitative estimate of drug-likeness (QED) is 0.252. The Morgan fingerprint density at radius 3 is 1.65 bits per heavy atom. The van der Waals surface area contributed by atoms with E-state index in [-0.39, 0.29) is 12.8 Å². The molecule has 0 amide bonds. The van der Waals surface area contributed by atoms with E-state index in [2.05, 4.69) is 4.74 Å². The number of aliphatic hydroxyl groups is 2. The molecule has 0 aliphatic heterocycles. The van der Waals surface area contributed by atoms with Crippen LogP contribution >= 0.6 is 0 Å². The lowest BCUT2D eigenvalue weighted by Crippen LogP contribution is -2.28. The van der Waals surface area contributed by atoms with Gasteiger partial charge < -0.3 is 20.1 Å². The second-order valence-electron chi connectivity index (χ2n) is 5.57. The van der Waals surface area contributed by atoms with Crippen LogP contribution in [-0.2, 0) is 19.1 Å². The molecule has 0 aromatic carbocycles. The van der Waals surface area contributed by atoms with Crippen LogP contribution in [-0.4, -0.2) is 45.9 Å². The van der Waals surface area contributed by atoms with Crippen molar-refractivity contribution in [2.24, 2.45) is 0 Å². The third-order valence-corrected chi connectivity index (χ3v) is 3.43. The first-order valence-corrected chi connectivity index (χ1v) is 8.22. The normalized spacial score (nSPS) is 11.9. The Hall–Kier alpha value is -1.47. The Balaban J connectivity index is 3.34. The summed E-state index contributed by atoms with van der Waals surface area (Å²) in [5.41, 5.74) is 0. The van der Waals surface area contributed by atoms with Gasteiger partial charge in [-0.05, 0) is 12.8 Å². The van der Waals surface area contributed by atoms with Gasteiger partial charge in [-0.1, -0.05) is 44.9 Å². The molecule has 0 aliphatic carbocycles. The van der Waals surface area contributed by atoms with Crippen molar-refractivity contribution in [3.05, 3.63) is 0 Å². The van der Waals surface area contributed by atoms with E-state index >= 15 is 0 Å². The lowest BCUT2D eigenvalue weighted by atomic mass is 10.1. The SMILES string of the molecule is O=C(O)CCCCCCCCCCCC(=O)OC(=O)C(O)CO. The van der Waals surface area contributed by atoms with Crippen molar-refractivity contribution < 1.29 is 34.4 Å². The summed E-state index contributed by atoms with van der Waals surface area (Å²) in [4.78, 5) is 32.6. The fraction of sp³-hybridized carbons (Fsp3) is 0.812. The molecule has 0 rings (SSSR count). The number of esters is 2. The van der Waals surface area contributed by atoms with Gasteiger partial charge in [0.05, 0.1) is 6.61 Å². The minimum absolute atomic E-state index is 0.124. The summed E-state index contributed by atoms with van der Waals surface area (Å²) < 4.78 is 4.37. The van der Waals surface area contributed by atoms with Gasteiger partial charge in [0, 0.05) is 12.8 Å². The van der Waals surface area contributed by atoms with Gasteiger partial charge in [0.15, 0.2) is 6.10 Å². The van der Waals surface area contributed by atoms with Crippen LogP contribution in [0, 0.1) is 0 Å². The molecule has 0 bridgehead atoms. The molecule has 0 aromatic heterocycles. The zero-order chi connectivity index (χ0) is 17.5. The fourth-order valence-electron chi connectivity index (χ4n) is 2.09. The molecule has 0 saturated heterocycles. The molecular formula is C16H28O7. The van der Waals surface area contributed by atoms with Crippen LogP contribution in [0.4, 0.5) is 0 Å². The maximum absolute atomic E-state index is 11.3. The zero-order valence-electron chi connectivity index (χ0n) is 13.5. The molecule has 0 fully saturated rings. The van der Waals surface area contributed by atoms with E-state index in [0.717, 1.165) is 51.4 Å². The number of carbonyl (C=O) groups excluding carboxylic acids is 2. The standard InChI is InChI=1S/C16H28O7/c17-12-13(18)16(22)23-15(21)11-9-7-5-3-1-2-4-6-8-10-14(19)20/h13,17-18H,1-12H2,(H,19,20). The van der Waals surface area contributed by atoms with Gasteiger partial charge in [-0.3, -0.25) is 9.59 Å². The largest absolute Gasteiger partial charge is 0.481 e. The highest BCUT2D eigenvalue weighted by atomic mass is 16.6. The molecule has 7 heteroatoms. The van der Waals surface area contributed by atoms with Crippen molar-refractivity contribution in [1.29, 1.82) is 0 Å². The molecule has 7 nitrogen and oxygen atoms in total. The van der Waals surface area contributed by atoms with Gasteiger partial charge in [0.2, 0.25) is 0 Å². The Morgan fingerprint density at radius 2 is 1.22 bits per heavy atom. The third kappa shape index (κ3) is 13.9. The average Bonchev–Trinajstić information content (AvgIpc) is 2.51. The van der Waals surface area contributed by atoms with E-state index in [1.807, 2.05) is 0 Å². The molecule has 0 saturated carbocycles. The number of carboxylic acid groups (broad SMARTS) is 1. The number of aliphatic carboxylic acids is 1. The minimum Gasteiger partial charge on any atom is -0.481 e. The van der Waals surface area contributed by atoms with Gasteiger partial charge in [-0.25, -0.2) is 4.79 Å². The first-order chi connectivity index (χ1) is 11.0. The number of hydrogen-bond acceptors (Lipinski definition) is 6. The molecule has 23 heavy (non-hydrogen) atoms. The van der Waals surface area contributed by atoms with Crippen molar-refractivity contribution in [1.82, 2.24) is 0 Å². The second kappa shape index (κ2) is 14.1. The fourth-order valence-corrected chi connectivity index (χ4v) is 2.09. The predicted molar refractivity (Wildman–Crippen MR) is 82.6 cm³/mol. The Kier molecular flexibility index (Phi) is 13.2. The van der Waals surface area contributed by atoms with E-state index in [9.17, 15) is 14.4 Å². The van der Waals surface area contributed by atoms with E-state index in [0.29, 0.717) is 6.42 Å². The molecule has 0 spiro atoms. The van der Waals surface area contributed by atoms with Gasteiger partial charge in [0.25, 0.3) is 0 Å². The highest BCUT2D eigenvalue weighted by Gasteiger charge is 2.18. The van der Waals surface area contributed by atoms with Crippen molar-refractivity contribution >= 4 is 17.9 Å². The van der Waals surface area contributed by atoms with E-state index in [1.54, 1.807) is 0 Å². The summed E-state index contributed by atoms with van der Waals surface area (Å²) in [6, 6.07) is 0. The summed E-state index contributed by atoms with van der Waals surface area (Å²) >= 11 is 0. The predicted octanol–water partition coefficient (Wildman–Crippen LogP) is 1.79. The second-order valence-corrected chi connectivity index (χ2v) is 5.57. The van der Waals surface area contributed by atoms with Crippen LogP contribution in [0.2, 0.25) is 0 Å². The first-order valence-electron chi connectivity index (χ1n) is 8.22. The monoisotopic (exact) mass is 332 g/mol. The summed E-state index contributed by atoms with van der Waals surface area (Å²) in [6.45, 7) is -0.761. The van der Waals surface area contributed by atoms with Gasteiger partial charge in [-0.2, -0.15) is 0 Å². The Bertz CT molecular complexity index is 354. The maximum Gasteiger partial charge on any atom is 0.345 e. The van der Waals surface area contributed by atoms with Crippen molar-refractivity contribution in [3.8, 4) is 0 Å². The highest BCUT2D eigenvalue weighted by Crippen LogP contribution is 2.11. The molecule has 134 valence electrons. The molecular weight excluding hydrogens is 304 g/mol. The Labute approximate surface area is 136 Å². The lowest BCUT2D eigenvalue weighted by Gasteiger charge is -2.06. The molecule has 0 aliphatic rings. The number of hydrogen-bond donors (Lipinski definition) is 3. The summed E-state index contributed by atoms with van der Waals surface area (Å²) in [7, 11) is 0. The van der Waals surface area contributed by atoms with Gasteiger partial charge in [-0.15, -0.1) is 0 Å². The van der Waals surface area contributed by atoms with Crippen molar-refractivity contribution in [2.75, 3.05) is 6.61 Å². The number of rotatable bonds is 14. The molecule has 3 N–H and O–H groups in total. The number of aliphatic hydroxyl groups excluding tert-OH is 2. The van der Waals surface area contributed by atoms with Crippen LogP contribution < -0.4 is 0 Å². The zero-order valence-corrected chi connectivity index (χ0v) is 13.5. The summed E-state index contributed by atoms with van der Waals surface area (Å²) in [5, 5.41) is 25.9. The number of ether oxygens (including phenoxy) is 1. The topological polar surface area (TPSA) is 121 Å². The minimum atomic E-state index is -1.66. The summed E-state index contributed by atoms with van der Waals surface area (Å²) in [6.07, 6.45) is 7.19. The van der Waals surface area contributed by atoms with Crippen molar-refractivity contribution in [3.63, 3.8) is 0 Å².